The molecule has 0 aromatic carbocycles. The van der Waals surface area contributed by atoms with Gasteiger partial charge in [0.05, 0.1) is 0 Å². The summed E-state index contributed by atoms with van der Waals surface area (Å²) in [6.45, 7) is 9.49. The third-order valence-electron chi connectivity index (χ3n) is 4.55. The molecule has 0 aromatic heterocycles. The second-order valence-corrected chi connectivity index (χ2v) is 6.18. The number of hydrogen-bond donors (Lipinski definition) is 0. The minimum atomic E-state index is 0.570. The minimum Gasteiger partial charge on any atom is -0.0853 e. The van der Waals surface area contributed by atoms with Crippen LogP contribution in [0.15, 0.2) is 23.3 Å². The Balaban J connectivity index is 2.20. The molecule has 0 radical (unpaired) electrons. The summed E-state index contributed by atoms with van der Waals surface area (Å²) in [4.78, 5) is 0. The van der Waals surface area contributed by atoms with E-state index in [4.69, 9.17) is 0 Å². The minimum absolute atomic E-state index is 0.570. The Kier molecular flexibility index (Phi) is 2.79. The standard InChI is InChI=1S/C15H24/c1-11-6-5-7-12(2)13-10-15(3,4)14(13)9-8-11/h7-8,13-14H,5-6,9-10H2,1-4H3/b11-8-,12-7-/t13-,14-/m0/s1. The van der Waals surface area contributed by atoms with Gasteiger partial charge in [-0.1, -0.05) is 37.1 Å². The summed E-state index contributed by atoms with van der Waals surface area (Å²) in [5, 5.41) is 0. The number of allylic oxidation sites excluding steroid dienone is 4. The zero-order valence-corrected chi connectivity index (χ0v) is 10.6. The summed E-state index contributed by atoms with van der Waals surface area (Å²) in [5.74, 6) is 1.77. The fraction of sp³-hybridized carbons (Fsp3) is 0.733. The van der Waals surface area contributed by atoms with Gasteiger partial charge in [-0.2, -0.15) is 0 Å². The monoisotopic (exact) mass is 204 g/mol. The molecule has 0 heterocycles. The summed E-state index contributed by atoms with van der Waals surface area (Å²) < 4.78 is 0. The van der Waals surface area contributed by atoms with E-state index in [-0.39, 0.29) is 0 Å². The first-order valence-electron chi connectivity index (χ1n) is 6.33. The summed E-state index contributed by atoms with van der Waals surface area (Å²) in [6.07, 6.45) is 10.2. The molecule has 0 spiro atoms. The van der Waals surface area contributed by atoms with Crippen LogP contribution in [0.3, 0.4) is 0 Å². The number of hydrogen-bond acceptors (Lipinski definition) is 0. The molecule has 0 heteroatoms. The van der Waals surface area contributed by atoms with Gasteiger partial charge in [-0.25, -0.2) is 0 Å². The lowest BCUT2D eigenvalue weighted by molar-refractivity contribution is 0.0134. The summed E-state index contributed by atoms with van der Waals surface area (Å²) in [5.41, 5.74) is 3.81. The number of fused-ring (bicyclic) bond motifs is 1. The lowest BCUT2D eigenvalue weighted by atomic mass is 9.53. The van der Waals surface area contributed by atoms with Gasteiger partial charge in [0.15, 0.2) is 0 Å². The zero-order valence-electron chi connectivity index (χ0n) is 10.6. The van der Waals surface area contributed by atoms with Crippen LogP contribution >= 0.6 is 0 Å². The van der Waals surface area contributed by atoms with E-state index in [1.807, 2.05) is 0 Å². The van der Waals surface area contributed by atoms with Crippen LogP contribution in [-0.2, 0) is 0 Å². The molecule has 2 aliphatic rings. The van der Waals surface area contributed by atoms with E-state index in [1.54, 1.807) is 11.1 Å². The molecule has 2 aliphatic carbocycles. The fourth-order valence-electron chi connectivity index (χ4n) is 3.32. The Morgan fingerprint density at radius 1 is 1.20 bits per heavy atom. The van der Waals surface area contributed by atoms with Crippen LogP contribution in [0, 0.1) is 17.3 Å². The van der Waals surface area contributed by atoms with Gasteiger partial charge in [-0.15, -0.1) is 0 Å². The van der Waals surface area contributed by atoms with Crippen molar-refractivity contribution >= 4 is 0 Å². The molecule has 2 atom stereocenters. The molecular formula is C15H24. The Hall–Kier alpha value is -0.520. The van der Waals surface area contributed by atoms with E-state index in [2.05, 4.69) is 39.8 Å². The third-order valence-corrected chi connectivity index (χ3v) is 4.55. The maximum absolute atomic E-state index is 2.49. The first-order chi connectivity index (χ1) is 7.00. The zero-order chi connectivity index (χ0) is 11.1. The van der Waals surface area contributed by atoms with Gasteiger partial charge in [-0.05, 0) is 56.8 Å². The second-order valence-electron chi connectivity index (χ2n) is 6.18. The first-order valence-corrected chi connectivity index (χ1v) is 6.33. The SMILES string of the molecule is C/C1=C/C[C@H]2[C@@H](CC2(C)C)/C(C)=C\CC1. The molecule has 0 nitrogen and oxygen atoms in total. The van der Waals surface area contributed by atoms with E-state index in [0.717, 1.165) is 11.8 Å². The highest BCUT2D eigenvalue weighted by Crippen LogP contribution is 2.55. The van der Waals surface area contributed by atoms with Gasteiger partial charge in [0.1, 0.15) is 0 Å². The van der Waals surface area contributed by atoms with Crippen LogP contribution in [-0.4, -0.2) is 0 Å². The van der Waals surface area contributed by atoms with Gasteiger partial charge >= 0.3 is 0 Å². The molecule has 0 amide bonds. The van der Waals surface area contributed by atoms with Crippen molar-refractivity contribution in [3.63, 3.8) is 0 Å². The van der Waals surface area contributed by atoms with E-state index < -0.39 is 0 Å². The molecule has 0 aliphatic heterocycles. The van der Waals surface area contributed by atoms with Crippen LogP contribution in [0.4, 0.5) is 0 Å². The van der Waals surface area contributed by atoms with Crippen LogP contribution in [0.2, 0.25) is 0 Å². The smallest absolute Gasteiger partial charge is 0.0164 e. The van der Waals surface area contributed by atoms with Crippen molar-refractivity contribution in [3.8, 4) is 0 Å². The Morgan fingerprint density at radius 2 is 1.93 bits per heavy atom. The molecule has 84 valence electrons. The molecule has 1 saturated carbocycles. The van der Waals surface area contributed by atoms with E-state index in [1.165, 1.54) is 25.7 Å². The van der Waals surface area contributed by atoms with Crippen molar-refractivity contribution in [1.29, 1.82) is 0 Å². The molecule has 1 fully saturated rings. The predicted octanol–water partition coefficient (Wildman–Crippen LogP) is 4.73. The molecule has 2 rings (SSSR count). The van der Waals surface area contributed by atoms with E-state index in [9.17, 15) is 0 Å². The topological polar surface area (TPSA) is 0 Å². The predicted molar refractivity (Wildman–Crippen MR) is 66.7 cm³/mol. The third kappa shape index (κ3) is 2.04. The van der Waals surface area contributed by atoms with Crippen molar-refractivity contribution in [1.82, 2.24) is 0 Å². The van der Waals surface area contributed by atoms with Gasteiger partial charge in [0.25, 0.3) is 0 Å². The van der Waals surface area contributed by atoms with Crippen molar-refractivity contribution in [2.24, 2.45) is 17.3 Å². The highest BCUT2D eigenvalue weighted by Gasteiger charge is 2.46. The molecule has 0 unspecified atom stereocenters. The second kappa shape index (κ2) is 3.81. The van der Waals surface area contributed by atoms with Crippen LogP contribution in [0.5, 0.6) is 0 Å². The highest BCUT2D eigenvalue weighted by atomic mass is 14.5. The van der Waals surface area contributed by atoms with Crippen LogP contribution in [0.1, 0.15) is 53.4 Å². The lowest BCUT2D eigenvalue weighted by Gasteiger charge is -2.52. The largest absolute Gasteiger partial charge is 0.0853 e. The lowest BCUT2D eigenvalue weighted by Crippen LogP contribution is -2.44. The maximum atomic E-state index is 2.49. The molecular weight excluding hydrogens is 180 g/mol. The maximum Gasteiger partial charge on any atom is -0.0164 e. The van der Waals surface area contributed by atoms with E-state index >= 15 is 0 Å². The van der Waals surface area contributed by atoms with Crippen molar-refractivity contribution in [2.45, 2.75) is 53.4 Å². The highest BCUT2D eigenvalue weighted by molar-refractivity contribution is 5.18. The molecule has 0 N–H and O–H groups in total. The average molecular weight is 204 g/mol. The quantitative estimate of drug-likeness (QED) is 0.501. The van der Waals surface area contributed by atoms with Gasteiger partial charge in [0.2, 0.25) is 0 Å². The summed E-state index contributed by atoms with van der Waals surface area (Å²) in [6, 6.07) is 0. The van der Waals surface area contributed by atoms with E-state index in [0.29, 0.717) is 5.41 Å². The molecule has 0 saturated heterocycles. The van der Waals surface area contributed by atoms with Gasteiger partial charge in [-0.3, -0.25) is 0 Å². The first kappa shape index (κ1) is 11.0. The fourth-order valence-corrected chi connectivity index (χ4v) is 3.32. The Labute approximate surface area is 94.5 Å². The van der Waals surface area contributed by atoms with Crippen molar-refractivity contribution in [2.75, 3.05) is 0 Å². The normalized spacial score (nSPS) is 41.9. The molecule has 0 aromatic rings. The van der Waals surface area contributed by atoms with Gasteiger partial charge < -0.3 is 0 Å². The average Bonchev–Trinajstić information content (AvgIpc) is 2.18. The number of rotatable bonds is 0. The molecule has 0 bridgehead atoms. The summed E-state index contributed by atoms with van der Waals surface area (Å²) >= 11 is 0. The van der Waals surface area contributed by atoms with Crippen molar-refractivity contribution in [3.05, 3.63) is 23.3 Å². The van der Waals surface area contributed by atoms with Crippen LogP contribution < -0.4 is 0 Å². The Bertz CT molecular complexity index is 304. The Morgan fingerprint density at radius 3 is 2.60 bits per heavy atom. The van der Waals surface area contributed by atoms with Crippen molar-refractivity contribution < 1.29 is 0 Å². The van der Waals surface area contributed by atoms with Crippen LogP contribution in [0.25, 0.3) is 0 Å². The molecule has 15 heavy (non-hydrogen) atoms. The van der Waals surface area contributed by atoms with Gasteiger partial charge in [0, 0.05) is 0 Å². The summed E-state index contributed by atoms with van der Waals surface area (Å²) in [7, 11) is 0.